The van der Waals surface area contributed by atoms with E-state index in [2.05, 4.69) is 4.98 Å². The lowest BCUT2D eigenvalue weighted by Gasteiger charge is -2.25. The van der Waals surface area contributed by atoms with Gasteiger partial charge >= 0.3 is 5.97 Å². The van der Waals surface area contributed by atoms with Crippen molar-refractivity contribution in [3.05, 3.63) is 65.7 Å². The molecule has 0 radical (unpaired) electrons. The van der Waals surface area contributed by atoms with Crippen LogP contribution in [-0.2, 0) is 16.6 Å². The minimum atomic E-state index is -1.18. The number of carbonyl (C=O) groups is 1. The minimum Gasteiger partial charge on any atom is -0.481 e. The zero-order valence-corrected chi connectivity index (χ0v) is 10.5. The van der Waals surface area contributed by atoms with Gasteiger partial charge in [-0.15, -0.1) is 0 Å². The van der Waals surface area contributed by atoms with Crippen molar-refractivity contribution < 1.29 is 14.3 Å². The summed E-state index contributed by atoms with van der Waals surface area (Å²) in [5.74, 6) is -1.42. The molecule has 98 valence electrons. The highest BCUT2D eigenvalue weighted by Gasteiger charge is 2.35. The fraction of sp³-hybridized carbons (Fsp3) is 0.200. The molecule has 0 saturated carbocycles. The third-order valence-corrected chi connectivity index (χ3v) is 3.21. The van der Waals surface area contributed by atoms with Crippen LogP contribution in [0.2, 0.25) is 0 Å². The lowest BCUT2D eigenvalue weighted by atomic mass is 9.77. The van der Waals surface area contributed by atoms with Crippen molar-refractivity contribution in [3.8, 4) is 0 Å². The number of aromatic nitrogens is 1. The second-order valence-corrected chi connectivity index (χ2v) is 4.69. The van der Waals surface area contributed by atoms with Crippen LogP contribution in [0, 0.1) is 5.82 Å². The Bertz CT molecular complexity index is 586. The average Bonchev–Trinajstić information content (AvgIpc) is 2.39. The van der Waals surface area contributed by atoms with Crippen LogP contribution in [0.5, 0.6) is 0 Å². The van der Waals surface area contributed by atoms with Crippen LogP contribution in [0.4, 0.5) is 4.39 Å². The number of hydrogen-bond donors (Lipinski definition) is 1. The molecule has 0 saturated heterocycles. The van der Waals surface area contributed by atoms with Gasteiger partial charge in [-0.1, -0.05) is 18.2 Å². The van der Waals surface area contributed by atoms with Gasteiger partial charge in [0.1, 0.15) is 5.82 Å². The van der Waals surface area contributed by atoms with Crippen molar-refractivity contribution in [2.45, 2.75) is 18.8 Å². The molecule has 1 heterocycles. The van der Waals surface area contributed by atoms with Crippen LogP contribution in [0.1, 0.15) is 18.1 Å². The van der Waals surface area contributed by atoms with Gasteiger partial charge in [0.15, 0.2) is 0 Å². The first-order valence-electron chi connectivity index (χ1n) is 5.91. The van der Waals surface area contributed by atoms with Crippen LogP contribution in [0.3, 0.4) is 0 Å². The first kappa shape index (κ1) is 13.2. The van der Waals surface area contributed by atoms with Gasteiger partial charge in [-0.2, -0.15) is 0 Å². The van der Waals surface area contributed by atoms with Crippen molar-refractivity contribution in [1.29, 1.82) is 0 Å². The summed E-state index contributed by atoms with van der Waals surface area (Å²) in [5, 5.41) is 9.50. The molecule has 4 heteroatoms. The Morgan fingerprint density at radius 2 is 2.16 bits per heavy atom. The molecule has 3 nitrogen and oxygen atoms in total. The summed E-state index contributed by atoms with van der Waals surface area (Å²) in [6.45, 7) is 1.59. The SMILES string of the molecule is CC(Cc1cccnc1)(C(=O)O)c1cccc(F)c1. The van der Waals surface area contributed by atoms with Crippen molar-refractivity contribution in [3.63, 3.8) is 0 Å². The molecule has 1 atom stereocenters. The third-order valence-electron chi connectivity index (χ3n) is 3.21. The number of aliphatic carboxylic acids is 1. The number of rotatable bonds is 4. The largest absolute Gasteiger partial charge is 0.481 e. The van der Waals surface area contributed by atoms with E-state index in [4.69, 9.17) is 0 Å². The van der Waals surface area contributed by atoms with Crippen molar-refractivity contribution in [2.75, 3.05) is 0 Å². The van der Waals surface area contributed by atoms with Crippen molar-refractivity contribution in [1.82, 2.24) is 4.98 Å². The lowest BCUT2D eigenvalue weighted by Crippen LogP contribution is -2.35. The van der Waals surface area contributed by atoms with E-state index in [1.54, 1.807) is 31.5 Å². The Balaban J connectivity index is 2.41. The second kappa shape index (κ2) is 5.18. The highest BCUT2D eigenvalue weighted by molar-refractivity contribution is 5.81. The van der Waals surface area contributed by atoms with Crippen LogP contribution in [0.25, 0.3) is 0 Å². The van der Waals surface area contributed by atoms with Crippen LogP contribution in [0.15, 0.2) is 48.8 Å². The quantitative estimate of drug-likeness (QED) is 0.918. The van der Waals surface area contributed by atoms with E-state index in [1.165, 1.54) is 18.2 Å². The molecular weight excluding hydrogens is 245 g/mol. The molecule has 19 heavy (non-hydrogen) atoms. The summed E-state index contributed by atoms with van der Waals surface area (Å²) >= 11 is 0. The number of carboxylic acid groups (broad SMARTS) is 1. The zero-order valence-electron chi connectivity index (χ0n) is 10.5. The van der Waals surface area contributed by atoms with Gasteiger partial charge in [-0.3, -0.25) is 9.78 Å². The number of nitrogens with zero attached hydrogens (tertiary/aromatic N) is 1. The van der Waals surface area contributed by atoms with E-state index in [9.17, 15) is 14.3 Å². The number of hydrogen-bond acceptors (Lipinski definition) is 2. The number of benzene rings is 1. The Morgan fingerprint density at radius 1 is 1.37 bits per heavy atom. The Labute approximate surface area is 110 Å². The smallest absolute Gasteiger partial charge is 0.314 e. The van der Waals surface area contributed by atoms with Gasteiger partial charge in [0.2, 0.25) is 0 Å². The van der Waals surface area contributed by atoms with Crippen LogP contribution >= 0.6 is 0 Å². The maximum atomic E-state index is 13.3. The molecule has 0 fully saturated rings. The Hall–Kier alpha value is -2.23. The molecule has 0 aliphatic heterocycles. The molecule has 1 aromatic heterocycles. The first-order chi connectivity index (χ1) is 9.02. The minimum absolute atomic E-state index is 0.264. The van der Waals surface area contributed by atoms with E-state index < -0.39 is 17.2 Å². The molecule has 1 aromatic carbocycles. The molecule has 1 unspecified atom stereocenters. The van der Waals surface area contributed by atoms with E-state index in [-0.39, 0.29) is 6.42 Å². The summed E-state index contributed by atoms with van der Waals surface area (Å²) in [6.07, 6.45) is 3.52. The maximum absolute atomic E-state index is 13.3. The molecule has 0 spiro atoms. The number of pyridine rings is 1. The monoisotopic (exact) mass is 259 g/mol. The van der Waals surface area contributed by atoms with Crippen molar-refractivity contribution in [2.24, 2.45) is 0 Å². The van der Waals surface area contributed by atoms with Gasteiger partial charge in [-0.25, -0.2) is 4.39 Å². The molecule has 0 aliphatic carbocycles. The summed E-state index contributed by atoms with van der Waals surface area (Å²) < 4.78 is 13.3. The Morgan fingerprint density at radius 3 is 2.74 bits per heavy atom. The summed E-state index contributed by atoms with van der Waals surface area (Å²) in [5.41, 5.74) is 0.0750. The highest BCUT2D eigenvalue weighted by atomic mass is 19.1. The number of halogens is 1. The van der Waals surface area contributed by atoms with Gasteiger partial charge in [0.25, 0.3) is 0 Å². The number of carboxylic acids is 1. The van der Waals surface area contributed by atoms with Crippen molar-refractivity contribution >= 4 is 5.97 Å². The molecule has 1 N–H and O–H groups in total. The maximum Gasteiger partial charge on any atom is 0.314 e. The summed E-state index contributed by atoms with van der Waals surface area (Å²) in [4.78, 5) is 15.6. The topological polar surface area (TPSA) is 50.2 Å². The van der Waals surface area contributed by atoms with E-state index in [1.807, 2.05) is 6.07 Å². The standard InChI is InChI=1S/C15H14FNO2/c1-15(14(18)19,9-11-4-3-7-17-10-11)12-5-2-6-13(16)8-12/h2-8,10H,9H2,1H3,(H,18,19). The predicted octanol–water partition coefficient (Wildman–Crippen LogP) is 2.81. The predicted molar refractivity (Wildman–Crippen MR) is 69.3 cm³/mol. The lowest BCUT2D eigenvalue weighted by molar-refractivity contribution is -0.143. The van der Waals surface area contributed by atoms with E-state index in [0.717, 1.165) is 5.56 Å². The van der Waals surface area contributed by atoms with E-state index >= 15 is 0 Å². The zero-order chi connectivity index (χ0) is 13.9. The van der Waals surface area contributed by atoms with Crippen LogP contribution in [-0.4, -0.2) is 16.1 Å². The van der Waals surface area contributed by atoms with Gasteiger partial charge in [0.05, 0.1) is 5.41 Å². The fourth-order valence-electron chi connectivity index (χ4n) is 2.04. The molecule has 2 aromatic rings. The third kappa shape index (κ3) is 2.78. The van der Waals surface area contributed by atoms with Gasteiger partial charge < -0.3 is 5.11 Å². The normalized spacial score (nSPS) is 13.8. The van der Waals surface area contributed by atoms with Gasteiger partial charge in [0, 0.05) is 12.4 Å². The molecule has 2 rings (SSSR count). The summed E-state index contributed by atoms with van der Waals surface area (Å²) in [6, 6.07) is 9.29. The molecule has 0 amide bonds. The second-order valence-electron chi connectivity index (χ2n) is 4.69. The van der Waals surface area contributed by atoms with Crippen LogP contribution < -0.4 is 0 Å². The molecule has 0 bridgehead atoms. The van der Waals surface area contributed by atoms with E-state index in [0.29, 0.717) is 5.56 Å². The average molecular weight is 259 g/mol. The summed E-state index contributed by atoms with van der Waals surface area (Å²) in [7, 11) is 0. The first-order valence-corrected chi connectivity index (χ1v) is 5.91. The highest BCUT2D eigenvalue weighted by Crippen LogP contribution is 2.29. The molecular formula is C15H14FNO2. The van der Waals surface area contributed by atoms with Gasteiger partial charge in [-0.05, 0) is 42.7 Å². The molecule has 0 aliphatic rings. The Kier molecular flexibility index (Phi) is 3.60. The fourth-order valence-corrected chi connectivity index (χ4v) is 2.04.